The molecule has 0 unspecified atom stereocenters. The molecule has 0 aromatic rings. The zero-order valence-electron chi connectivity index (χ0n) is 20.0. The molecule has 6 nitrogen and oxygen atoms in total. The van der Waals surface area contributed by atoms with Gasteiger partial charge in [0.1, 0.15) is 6.10 Å². The third kappa shape index (κ3) is 4.56. The van der Waals surface area contributed by atoms with Crippen LogP contribution in [0.5, 0.6) is 0 Å². The third-order valence-corrected chi connectivity index (χ3v) is 8.65. The van der Waals surface area contributed by atoms with Gasteiger partial charge in [0.2, 0.25) is 0 Å². The predicted octanol–water partition coefficient (Wildman–Crippen LogP) is 4.05. The number of carbonyl (C=O) groups excluding carboxylic acids is 2. The van der Waals surface area contributed by atoms with Crippen molar-refractivity contribution in [1.82, 2.24) is 0 Å². The Kier molecular flexibility index (Phi) is 7.21. The molecule has 6 atom stereocenters. The Balaban J connectivity index is 1.89. The van der Waals surface area contributed by atoms with Crippen LogP contribution in [0.2, 0.25) is 0 Å². The van der Waals surface area contributed by atoms with Crippen LogP contribution in [0.4, 0.5) is 0 Å². The standard InChI is InChI=1S/C25H40O6/c1-15(27)30-14-17-11-18(31-16(2)28)9-10-25(17,5)22-8-7-21-19(20(22)13-26)12-23(29-6)24(21,3)4/h17-18,20,22-23,26H,7-14H2,1-6H3/t17-,18+,20+,22+,23-,25+/m1/s1. The Bertz CT molecular complexity index is 726. The van der Waals surface area contributed by atoms with Gasteiger partial charge >= 0.3 is 11.9 Å². The molecule has 1 fully saturated rings. The van der Waals surface area contributed by atoms with Gasteiger partial charge in [-0.2, -0.15) is 0 Å². The van der Waals surface area contributed by atoms with Crippen LogP contribution in [0, 0.1) is 28.6 Å². The summed E-state index contributed by atoms with van der Waals surface area (Å²) >= 11 is 0. The second-order valence-electron chi connectivity index (χ2n) is 10.6. The highest BCUT2D eigenvalue weighted by Gasteiger charge is 2.54. The predicted molar refractivity (Wildman–Crippen MR) is 117 cm³/mol. The zero-order valence-corrected chi connectivity index (χ0v) is 20.0. The van der Waals surface area contributed by atoms with Gasteiger partial charge in [0.15, 0.2) is 0 Å². The molecule has 3 aliphatic rings. The zero-order chi connectivity index (χ0) is 23.0. The lowest BCUT2D eigenvalue weighted by molar-refractivity contribution is -0.158. The van der Waals surface area contributed by atoms with E-state index >= 15 is 0 Å². The fraction of sp³-hybridized carbons (Fsp3) is 0.840. The Hall–Kier alpha value is -1.40. The van der Waals surface area contributed by atoms with Gasteiger partial charge in [0, 0.05) is 44.8 Å². The van der Waals surface area contributed by atoms with E-state index in [1.807, 2.05) is 0 Å². The molecule has 0 aromatic heterocycles. The third-order valence-electron chi connectivity index (χ3n) is 8.65. The van der Waals surface area contributed by atoms with Gasteiger partial charge in [0.25, 0.3) is 0 Å². The van der Waals surface area contributed by atoms with Crippen LogP contribution >= 0.6 is 0 Å². The number of methoxy groups -OCH3 is 1. The van der Waals surface area contributed by atoms with Crippen LogP contribution < -0.4 is 0 Å². The molecule has 0 spiro atoms. The molecular weight excluding hydrogens is 396 g/mol. The SMILES string of the molecule is CO[C@@H]1CC2=C(CC[C@H]([C@@]3(C)CC[C@H](OC(C)=O)C[C@@H]3COC(C)=O)[C@H]2CO)C1(C)C. The van der Waals surface area contributed by atoms with Crippen LogP contribution in [0.1, 0.15) is 73.1 Å². The number of esters is 2. The van der Waals surface area contributed by atoms with E-state index in [2.05, 4.69) is 20.8 Å². The monoisotopic (exact) mass is 436 g/mol. The molecule has 6 heteroatoms. The first-order chi connectivity index (χ1) is 14.5. The minimum absolute atomic E-state index is 0.00644. The maximum Gasteiger partial charge on any atom is 0.302 e. The first-order valence-corrected chi connectivity index (χ1v) is 11.7. The number of hydrogen-bond acceptors (Lipinski definition) is 6. The quantitative estimate of drug-likeness (QED) is 0.500. The average Bonchev–Trinajstić information content (AvgIpc) is 2.97. The van der Waals surface area contributed by atoms with E-state index in [4.69, 9.17) is 14.2 Å². The summed E-state index contributed by atoms with van der Waals surface area (Å²) in [4.78, 5) is 23.1. The second-order valence-corrected chi connectivity index (χ2v) is 10.6. The normalized spacial score (nSPS) is 37.3. The fourth-order valence-corrected chi connectivity index (χ4v) is 6.88. The van der Waals surface area contributed by atoms with E-state index in [0.717, 1.165) is 32.1 Å². The van der Waals surface area contributed by atoms with Gasteiger partial charge in [-0.05, 0) is 49.9 Å². The van der Waals surface area contributed by atoms with Crippen molar-refractivity contribution in [2.24, 2.45) is 28.6 Å². The summed E-state index contributed by atoms with van der Waals surface area (Å²) in [7, 11) is 1.78. The Morgan fingerprint density at radius 3 is 2.42 bits per heavy atom. The van der Waals surface area contributed by atoms with Crippen LogP contribution in [-0.4, -0.2) is 49.6 Å². The van der Waals surface area contributed by atoms with Crippen molar-refractivity contribution in [3.8, 4) is 0 Å². The van der Waals surface area contributed by atoms with Crippen molar-refractivity contribution in [1.29, 1.82) is 0 Å². The molecule has 176 valence electrons. The lowest BCUT2D eigenvalue weighted by Gasteiger charge is -2.52. The molecule has 1 N–H and O–H groups in total. The van der Waals surface area contributed by atoms with E-state index < -0.39 is 0 Å². The second kappa shape index (κ2) is 9.22. The van der Waals surface area contributed by atoms with Gasteiger partial charge in [-0.15, -0.1) is 0 Å². The Labute approximate surface area is 186 Å². The van der Waals surface area contributed by atoms with Crippen LogP contribution in [0.15, 0.2) is 11.1 Å². The van der Waals surface area contributed by atoms with Gasteiger partial charge in [0.05, 0.1) is 12.7 Å². The number of aliphatic hydroxyl groups is 1. The van der Waals surface area contributed by atoms with Gasteiger partial charge in [-0.3, -0.25) is 9.59 Å². The highest BCUT2D eigenvalue weighted by atomic mass is 16.5. The molecule has 0 heterocycles. The molecular formula is C25H40O6. The molecule has 0 bridgehead atoms. The van der Waals surface area contributed by atoms with Crippen LogP contribution in [0.25, 0.3) is 0 Å². The van der Waals surface area contributed by atoms with Crippen molar-refractivity contribution in [2.75, 3.05) is 20.3 Å². The molecule has 31 heavy (non-hydrogen) atoms. The maximum atomic E-state index is 11.6. The van der Waals surface area contributed by atoms with Crippen molar-refractivity contribution in [2.45, 2.75) is 85.4 Å². The van der Waals surface area contributed by atoms with Crippen molar-refractivity contribution in [3.05, 3.63) is 11.1 Å². The smallest absolute Gasteiger partial charge is 0.302 e. The van der Waals surface area contributed by atoms with E-state index in [0.29, 0.717) is 18.9 Å². The summed E-state index contributed by atoms with van der Waals surface area (Å²) in [5.74, 6) is -0.0766. The highest BCUT2D eigenvalue weighted by molar-refractivity contribution is 5.66. The molecule has 0 aromatic carbocycles. The molecule has 0 saturated heterocycles. The molecule has 1 saturated carbocycles. The minimum atomic E-state index is -0.287. The number of aliphatic hydroxyl groups excluding tert-OH is 1. The first-order valence-electron chi connectivity index (χ1n) is 11.7. The number of carbonyl (C=O) groups is 2. The number of hydrogen-bond donors (Lipinski definition) is 1. The van der Waals surface area contributed by atoms with Crippen molar-refractivity contribution < 1.29 is 28.9 Å². The summed E-state index contributed by atoms with van der Waals surface area (Å²) < 4.78 is 16.8. The van der Waals surface area contributed by atoms with E-state index in [-0.39, 0.29) is 53.4 Å². The van der Waals surface area contributed by atoms with Crippen molar-refractivity contribution >= 4 is 11.9 Å². The molecule has 0 amide bonds. The summed E-state index contributed by atoms with van der Waals surface area (Å²) in [5.41, 5.74) is 2.73. The summed E-state index contributed by atoms with van der Waals surface area (Å²) in [6.07, 6.45) is 5.30. The van der Waals surface area contributed by atoms with E-state index in [1.165, 1.54) is 25.0 Å². The number of rotatable bonds is 6. The fourth-order valence-electron chi connectivity index (χ4n) is 6.88. The van der Waals surface area contributed by atoms with Crippen molar-refractivity contribution in [3.63, 3.8) is 0 Å². The first kappa shape index (κ1) is 24.2. The van der Waals surface area contributed by atoms with Gasteiger partial charge in [-0.25, -0.2) is 0 Å². The number of ether oxygens (including phenoxy) is 3. The van der Waals surface area contributed by atoms with Crippen LogP contribution in [0.3, 0.4) is 0 Å². The maximum absolute atomic E-state index is 11.6. The Morgan fingerprint density at radius 2 is 1.84 bits per heavy atom. The summed E-state index contributed by atoms with van der Waals surface area (Å²) in [5, 5.41) is 10.5. The van der Waals surface area contributed by atoms with Gasteiger partial charge < -0.3 is 19.3 Å². The molecule has 0 radical (unpaired) electrons. The lowest BCUT2D eigenvalue weighted by Crippen LogP contribution is -2.48. The highest BCUT2D eigenvalue weighted by Crippen LogP contribution is 2.59. The minimum Gasteiger partial charge on any atom is -0.466 e. The van der Waals surface area contributed by atoms with Gasteiger partial charge in [-0.1, -0.05) is 31.9 Å². The van der Waals surface area contributed by atoms with E-state index in [1.54, 1.807) is 7.11 Å². The molecule has 0 aliphatic heterocycles. The largest absolute Gasteiger partial charge is 0.466 e. The summed E-state index contributed by atoms with van der Waals surface area (Å²) in [6.45, 7) is 10.1. The summed E-state index contributed by atoms with van der Waals surface area (Å²) in [6, 6.07) is 0. The lowest BCUT2D eigenvalue weighted by atomic mass is 9.54. The molecule has 3 rings (SSSR count). The average molecular weight is 437 g/mol. The molecule has 3 aliphatic carbocycles. The topological polar surface area (TPSA) is 82.1 Å². The Morgan fingerprint density at radius 1 is 1.13 bits per heavy atom. The van der Waals surface area contributed by atoms with E-state index in [9.17, 15) is 14.7 Å². The van der Waals surface area contributed by atoms with Crippen LogP contribution in [-0.2, 0) is 23.8 Å².